The monoisotopic (exact) mass is 331 g/mol. The van der Waals surface area contributed by atoms with Gasteiger partial charge < -0.3 is 9.88 Å². The second kappa shape index (κ2) is 8.77. The first-order chi connectivity index (χ1) is 11.2. The molecular formula is C18H25N3OS. The molecule has 2 aromatic rings. The zero-order chi connectivity index (χ0) is 16.7. The Bertz CT molecular complexity index is 612. The third-order valence-electron chi connectivity index (χ3n) is 3.77. The fraction of sp³-hybridized carbons (Fsp3) is 0.444. The molecular weight excluding hydrogens is 306 g/mol. The molecule has 2 rings (SSSR count). The lowest BCUT2D eigenvalue weighted by molar-refractivity contribution is -0.121. The van der Waals surface area contributed by atoms with Crippen molar-refractivity contribution in [3.63, 3.8) is 0 Å². The lowest BCUT2D eigenvalue weighted by Crippen LogP contribution is -2.34. The van der Waals surface area contributed by atoms with Gasteiger partial charge in [-0.25, -0.2) is 4.98 Å². The highest BCUT2D eigenvalue weighted by molar-refractivity contribution is 8.00. The Hall–Kier alpha value is -1.75. The van der Waals surface area contributed by atoms with Crippen molar-refractivity contribution < 1.29 is 4.79 Å². The number of amides is 1. The van der Waals surface area contributed by atoms with Crippen LogP contribution in [0.25, 0.3) is 0 Å². The van der Waals surface area contributed by atoms with E-state index < -0.39 is 0 Å². The number of aromatic nitrogens is 2. The van der Waals surface area contributed by atoms with E-state index in [0.29, 0.717) is 0 Å². The molecule has 0 aliphatic rings. The number of carbonyl (C=O) groups is 1. The minimum atomic E-state index is -0.175. The number of thioether (sulfide) groups is 1. The Balaban J connectivity index is 2.00. The van der Waals surface area contributed by atoms with E-state index in [2.05, 4.69) is 40.8 Å². The summed E-state index contributed by atoms with van der Waals surface area (Å²) >= 11 is 1.50. The number of imidazole rings is 1. The Morgan fingerprint density at radius 1 is 1.30 bits per heavy atom. The van der Waals surface area contributed by atoms with Gasteiger partial charge in [-0.2, -0.15) is 0 Å². The summed E-state index contributed by atoms with van der Waals surface area (Å²) in [5, 5.41) is 3.90. The number of carbonyl (C=O) groups excluding carboxylic acids is 1. The first kappa shape index (κ1) is 17.6. The van der Waals surface area contributed by atoms with Gasteiger partial charge in [-0.1, -0.05) is 55.4 Å². The summed E-state index contributed by atoms with van der Waals surface area (Å²) in [4.78, 5) is 16.9. The van der Waals surface area contributed by atoms with Gasteiger partial charge in [0.2, 0.25) is 5.91 Å². The molecule has 1 aromatic heterocycles. The van der Waals surface area contributed by atoms with Crippen LogP contribution in [0.2, 0.25) is 0 Å². The highest BCUT2D eigenvalue weighted by Gasteiger charge is 2.20. The van der Waals surface area contributed by atoms with Gasteiger partial charge in [-0.15, -0.1) is 0 Å². The van der Waals surface area contributed by atoms with Crippen LogP contribution in [0.1, 0.15) is 45.2 Å². The topological polar surface area (TPSA) is 46.9 Å². The number of rotatable bonds is 8. The third kappa shape index (κ3) is 4.86. The molecule has 1 amide bonds. The highest BCUT2D eigenvalue weighted by atomic mass is 32.2. The molecule has 2 atom stereocenters. The average molecular weight is 331 g/mol. The molecule has 5 heteroatoms. The van der Waals surface area contributed by atoms with Crippen LogP contribution in [0.5, 0.6) is 0 Å². The van der Waals surface area contributed by atoms with Crippen LogP contribution in [0.15, 0.2) is 47.9 Å². The number of aryl methyl sites for hydroxylation is 1. The third-order valence-corrected chi connectivity index (χ3v) is 4.88. The number of nitrogens with one attached hydrogen (secondary N) is 1. The van der Waals surface area contributed by atoms with E-state index in [1.165, 1.54) is 11.8 Å². The summed E-state index contributed by atoms with van der Waals surface area (Å²) in [5.41, 5.74) is 1.16. The number of hydrogen-bond acceptors (Lipinski definition) is 3. The molecule has 23 heavy (non-hydrogen) atoms. The molecule has 0 bridgehead atoms. The minimum absolute atomic E-state index is 0.0583. The Morgan fingerprint density at radius 2 is 2.04 bits per heavy atom. The van der Waals surface area contributed by atoms with Crippen LogP contribution in [-0.4, -0.2) is 20.7 Å². The Kier molecular flexibility index (Phi) is 6.71. The standard InChI is InChI=1S/C18H25N3OS/c1-4-9-16(15-10-7-6-8-11-15)20-17(22)14(3)23-18-19-12-13-21(18)5-2/h6-8,10-14,16H,4-5,9H2,1-3H3,(H,20,22)/t14-,16+/m1/s1. The van der Waals surface area contributed by atoms with Crippen molar-refractivity contribution in [1.82, 2.24) is 14.9 Å². The van der Waals surface area contributed by atoms with Crippen molar-refractivity contribution in [2.45, 2.75) is 56.6 Å². The maximum absolute atomic E-state index is 12.6. The van der Waals surface area contributed by atoms with E-state index in [4.69, 9.17) is 0 Å². The SMILES string of the molecule is CCC[C@H](NC(=O)[C@@H](C)Sc1nccn1CC)c1ccccc1. The van der Waals surface area contributed by atoms with Crippen LogP contribution < -0.4 is 5.32 Å². The first-order valence-electron chi connectivity index (χ1n) is 8.18. The molecule has 1 N–H and O–H groups in total. The van der Waals surface area contributed by atoms with E-state index >= 15 is 0 Å². The Morgan fingerprint density at radius 3 is 2.70 bits per heavy atom. The molecule has 0 spiro atoms. The normalized spacial score (nSPS) is 13.5. The van der Waals surface area contributed by atoms with Gasteiger partial charge in [-0.05, 0) is 25.8 Å². The summed E-state index contributed by atoms with van der Waals surface area (Å²) in [6.45, 7) is 7.00. The molecule has 124 valence electrons. The maximum Gasteiger partial charge on any atom is 0.233 e. The van der Waals surface area contributed by atoms with Crippen molar-refractivity contribution in [2.75, 3.05) is 0 Å². The maximum atomic E-state index is 12.6. The van der Waals surface area contributed by atoms with E-state index in [9.17, 15) is 4.79 Å². The van der Waals surface area contributed by atoms with Crippen LogP contribution in [0.3, 0.4) is 0 Å². The zero-order valence-corrected chi connectivity index (χ0v) is 14.8. The summed E-state index contributed by atoms with van der Waals surface area (Å²) in [7, 11) is 0. The van der Waals surface area contributed by atoms with Crippen molar-refractivity contribution in [3.05, 3.63) is 48.3 Å². The summed E-state index contributed by atoms with van der Waals surface area (Å²) in [5.74, 6) is 0.0583. The summed E-state index contributed by atoms with van der Waals surface area (Å²) < 4.78 is 2.05. The van der Waals surface area contributed by atoms with E-state index in [-0.39, 0.29) is 17.2 Å². The molecule has 0 aliphatic carbocycles. The largest absolute Gasteiger partial charge is 0.348 e. The molecule has 0 saturated heterocycles. The summed E-state index contributed by atoms with van der Waals surface area (Å²) in [6.07, 6.45) is 5.69. The van der Waals surface area contributed by atoms with Crippen molar-refractivity contribution >= 4 is 17.7 Å². The van der Waals surface area contributed by atoms with Gasteiger partial charge in [0.25, 0.3) is 0 Å². The number of hydrogen-bond donors (Lipinski definition) is 1. The van der Waals surface area contributed by atoms with E-state index in [1.54, 1.807) is 6.20 Å². The quantitative estimate of drug-likeness (QED) is 0.743. The molecule has 0 radical (unpaired) electrons. The smallest absolute Gasteiger partial charge is 0.233 e. The summed E-state index contributed by atoms with van der Waals surface area (Å²) in [6, 6.07) is 10.2. The van der Waals surface area contributed by atoms with Crippen LogP contribution in [0, 0.1) is 0 Å². The molecule has 1 heterocycles. The van der Waals surface area contributed by atoms with Crippen LogP contribution >= 0.6 is 11.8 Å². The van der Waals surface area contributed by atoms with Gasteiger partial charge in [0.15, 0.2) is 5.16 Å². The van der Waals surface area contributed by atoms with Gasteiger partial charge in [-0.3, -0.25) is 4.79 Å². The van der Waals surface area contributed by atoms with Gasteiger partial charge in [0, 0.05) is 18.9 Å². The van der Waals surface area contributed by atoms with Crippen molar-refractivity contribution in [2.24, 2.45) is 0 Å². The van der Waals surface area contributed by atoms with Gasteiger partial charge in [0.1, 0.15) is 0 Å². The predicted octanol–water partition coefficient (Wildman–Crippen LogP) is 4.04. The molecule has 1 aromatic carbocycles. The second-order valence-corrected chi connectivity index (χ2v) is 6.82. The lowest BCUT2D eigenvalue weighted by Gasteiger charge is -2.21. The lowest BCUT2D eigenvalue weighted by atomic mass is 10.0. The molecule has 0 unspecified atom stereocenters. The van der Waals surface area contributed by atoms with Crippen LogP contribution in [0.4, 0.5) is 0 Å². The molecule has 4 nitrogen and oxygen atoms in total. The molecule has 0 fully saturated rings. The average Bonchev–Trinajstić information content (AvgIpc) is 3.02. The predicted molar refractivity (Wildman–Crippen MR) is 95.5 cm³/mol. The Labute approximate surface area is 142 Å². The van der Waals surface area contributed by atoms with Crippen molar-refractivity contribution in [3.8, 4) is 0 Å². The van der Waals surface area contributed by atoms with Crippen molar-refractivity contribution in [1.29, 1.82) is 0 Å². The molecule has 0 saturated carbocycles. The van der Waals surface area contributed by atoms with Crippen LogP contribution in [-0.2, 0) is 11.3 Å². The first-order valence-corrected chi connectivity index (χ1v) is 9.06. The minimum Gasteiger partial charge on any atom is -0.348 e. The van der Waals surface area contributed by atoms with Gasteiger partial charge >= 0.3 is 0 Å². The second-order valence-electron chi connectivity index (χ2n) is 5.52. The number of nitrogens with zero attached hydrogens (tertiary/aromatic N) is 2. The number of benzene rings is 1. The fourth-order valence-electron chi connectivity index (χ4n) is 2.45. The molecule has 0 aliphatic heterocycles. The van der Waals surface area contributed by atoms with E-state index in [0.717, 1.165) is 30.1 Å². The van der Waals surface area contributed by atoms with E-state index in [1.807, 2.05) is 31.3 Å². The zero-order valence-electron chi connectivity index (χ0n) is 14.0. The highest BCUT2D eigenvalue weighted by Crippen LogP contribution is 2.24. The van der Waals surface area contributed by atoms with Gasteiger partial charge in [0.05, 0.1) is 11.3 Å². The fourth-order valence-corrected chi connectivity index (χ4v) is 3.39.